The molecule has 3 atom stereocenters. The third kappa shape index (κ3) is 5.77. The highest BCUT2D eigenvalue weighted by Gasteiger charge is 2.40. The fraction of sp³-hybridized carbons (Fsp3) is 0.262. The Labute approximate surface area is 307 Å². The van der Waals surface area contributed by atoms with E-state index in [0.29, 0.717) is 52.7 Å². The topological polar surface area (TPSA) is 128 Å². The van der Waals surface area contributed by atoms with E-state index < -0.39 is 6.10 Å². The smallest absolute Gasteiger partial charge is 0.261 e. The molecule has 268 valence electrons. The fourth-order valence-corrected chi connectivity index (χ4v) is 8.18. The molecule has 0 fully saturated rings. The Balaban J connectivity index is 0.891. The summed E-state index contributed by atoms with van der Waals surface area (Å²) >= 11 is 0. The van der Waals surface area contributed by atoms with Gasteiger partial charge in [0.05, 0.1) is 49.7 Å². The number of anilines is 3. The van der Waals surface area contributed by atoms with Crippen LogP contribution in [-0.2, 0) is 40.3 Å². The Bertz CT molecular complexity index is 2260. The number of ether oxygens (including phenoxy) is 4. The molecule has 11 heteroatoms. The number of rotatable bonds is 8. The van der Waals surface area contributed by atoms with Gasteiger partial charge >= 0.3 is 0 Å². The number of carbonyl (C=O) groups is 2. The molecule has 0 aromatic heterocycles. The average molecular weight is 710 g/mol. The number of benzene rings is 4. The maximum atomic E-state index is 13.9. The maximum absolute atomic E-state index is 13.9. The van der Waals surface area contributed by atoms with Crippen LogP contribution in [0.1, 0.15) is 39.0 Å². The van der Waals surface area contributed by atoms with E-state index in [-0.39, 0.29) is 37.1 Å². The Morgan fingerprint density at radius 2 is 1.55 bits per heavy atom. The number of nitrogen functional groups attached to an aromatic ring is 1. The second kappa shape index (κ2) is 13.2. The number of nitrogens with one attached hydrogen (secondary N) is 1. The minimum Gasteiger partial charge on any atom is -0.498 e. The minimum atomic E-state index is -0.392. The lowest BCUT2D eigenvalue weighted by Crippen LogP contribution is -2.40. The van der Waals surface area contributed by atoms with Gasteiger partial charge in [-0.1, -0.05) is 36.4 Å². The molecule has 4 aromatic carbocycles. The van der Waals surface area contributed by atoms with Crippen LogP contribution >= 0.6 is 0 Å². The standard InChI is InChI=1S/C42H39N5O6/c1-50-37-16-31-33(44-20-29-14-26-7-3-5-9-35(26)46(29)41(31)48)18-39(37)52-22-24-11-25(13-28(43)12-24)23-53-40-19-34-32(17-38(40)51-2)42(49)47-30(21-45-34)15-27-8-4-6-10-36(27)47/h3-13,16-18,20,29-30,40,45H,14-15,19,21-23,43H2,1-2H3/t29-,30-,40?/m0/s1. The SMILES string of the molecule is COC1=CC2=C(CC1OCc1cc(N)cc(COc3cc4c(cc3OC)C(=O)N3c5ccccc5C[C@H]3C=N4)c1)NC[C@@H]1Cc3ccccc3N1C2=O. The van der Waals surface area contributed by atoms with E-state index in [9.17, 15) is 9.59 Å². The summed E-state index contributed by atoms with van der Waals surface area (Å²) in [6.07, 6.45) is 5.28. The zero-order valence-electron chi connectivity index (χ0n) is 29.5. The highest BCUT2D eigenvalue weighted by molar-refractivity contribution is 6.15. The summed E-state index contributed by atoms with van der Waals surface area (Å²) in [5.41, 5.74) is 15.3. The quantitative estimate of drug-likeness (QED) is 0.221. The van der Waals surface area contributed by atoms with Crippen LogP contribution in [0, 0.1) is 0 Å². The monoisotopic (exact) mass is 709 g/mol. The van der Waals surface area contributed by atoms with Crippen molar-refractivity contribution in [2.24, 2.45) is 4.99 Å². The van der Waals surface area contributed by atoms with Gasteiger partial charge in [0.2, 0.25) is 0 Å². The summed E-state index contributed by atoms with van der Waals surface area (Å²) in [6, 6.07) is 25.1. The van der Waals surface area contributed by atoms with Gasteiger partial charge in [-0.05, 0) is 71.1 Å². The molecule has 4 heterocycles. The summed E-state index contributed by atoms with van der Waals surface area (Å²) in [5, 5.41) is 3.55. The molecule has 4 aliphatic heterocycles. The van der Waals surface area contributed by atoms with E-state index in [0.717, 1.165) is 46.6 Å². The van der Waals surface area contributed by atoms with Crippen molar-refractivity contribution in [2.75, 3.05) is 36.3 Å². The number of hydrogen-bond donors (Lipinski definition) is 2. The second-order valence-electron chi connectivity index (χ2n) is 13.9. The summed E-state index contributed by atoms with van der Waals surface area (Å²) < 4.78 is 24.2. The first-order valence-electron chi connectivity index (χ1n) is 17.8. The number of methoxy groups -OCH3 is 2. The van der Waals surface area contributed by atoms with Gasteiger partial charge in [0.15, 0.2) is 11.5 Å². The van der Waals surface area contributed by atoms with Gasteiger partial charge in [-0.2, -0.15) is 0 Å². The second-order valence-corrected chi connectivity index (χ2v) is 13.9. The third-order valence-corrected chi connectivity index (χ3v) is 10.7. The first-order chi connectivity index (χ1) is 25.9. The van der Waals surface area contributed by atoms with Crippen LogP contribution in [0.3, 0.4) is 0 Å². The van der Waals surface area contributed by atoms with Gasteiger partial charge in [-0.3, -0.25) is 19.5 Å². The Kier molecular flexibility index (Phi) is 8.15. The van der Waals surface area contributed by atoms with Crippen LogP contribution in [0.2, 0.25) is 0 Å². The first kappa shape index (κ1) is 32.8. The summed E-state index contributed by atoms with van der Waals surface area (Å²) in [5.74, 6) is 1.35. The van der Waals surface area contributed by atoms with E-state index in [2.05, 4.69) is 11.4 Å². The van der Waals surface area contributed by atoms with Crippen molar-refractivity contribution < 1.29 is 28.5 Å². The van der Waals surface area contributed by atoms with Crippen molar-refractivity contribution in [3.63, 3.8) is 0 Å². The third-order valence-electron chi connectivity index (χ3n) is 10.7. The number of amides is 2. The van der Waals surface area contributed by atoms with Crippen molar-refractivity contribution in [1.29, 1.82) is 0 Å². The fourth-order valence-electron chi connectivity index (χ4n) is 8.18. The van der Waals surface area contributed by atoms with Crippen molar-refractivity contribution in [1.82, 2.24) is 5.32 Å². The van der Waals surface area contributed by atoms with E-state index in [4.69, 9.17) is 29.7 Å². The first-order valence-corrected chi connectivity index (χ1v) is 17.8. The largest absolute Gasteiger partial charge is 0.498 e. The molecule has 1 aliphatic carbocycles. The van der Waals surface area contributed by atoms with Crippen LogP contribution in [0.5, 0.6) is 11.5 Å². The molecule has 0 saturated carbocycles. The molecular formula is C42H39N5O6. The molecule has 2 amide bonds. The average Bonchev–Trinajstić information content (AvgIpc) is 3.67. The van der Waals surface area contributed by atoms with Crippen LogP contribution in [-0.4, -0.2) is 57.0 Å². The molecule has 1 unspecified atom stereocenters. The van der Waals surface area contributed by atoms with Gasteiger partial charge in [-0.15, -0.1) is 0 Å². The van der Waals surface area contributed by atoms with E-state index in [1.165, 1.54) is 5.56 Å². The number of aliphatic imine (C=N–C) groups is 1. The summed E-state index contributed by atoms with van der Waals surface area (Å²) in [4.78, 5) is 36.1. The lowest BCUT2D eigenvalue weighted by Gasteiger charge is -2.27. The van der Waals surface area contributed by atoms with Crippen molar-refractivity contribution in [3.8, 4) is 11.5 Å². The number of nitrogens with two attached hydrogens (primary N) is 1. The predicted molar refractivity (Wildman–Crippen MR) is 202 cm³/mol. The number of fused-ring (bicyclic) bond motifs is 7. The number of para-hydroxylation sites is 2. The highest BCUT2D eigenvalue weighted by atomic mass is 16.5. The van der Waals surface area contributed by atoms with Crippen LogP contribution in [0.4, 0.5) is 22.7 Å². The normalized spacial score (nSPS) is 20.9. The Hall–Kier alpha value is -6.07. The number of carbonyl (C=O) groups excluding carboxylic acids is 2. The maximum Gasteiger partial charge on any atom is 0.261 e. The molecule has 3 N–H and O–H groups in total. The molecule has 4 aromatic rings. The molecule has 0 spiro atoms. The van der Waals surface area contributed by atoms with Crippen LogP contribution in [0.15, 0.2) is 107 Å². The highest BCUT2D eigenvalue weighted by Crippen LogP contribution is 2.42. The Morgan fingerprint density at radius 3 is 2.32 bits per heavy atom. The van der Waals surface area contributed by atoms with Crippen LogP contribution in [0.25, 0.3) is 0 Å². The molecule has 9 rings (SSSR count). The van der Waals surface area contributed by atoms with Crippen molar-refractivity contribution in [2.45, 2.75) is 50.7 Å². The van der Waals surface area contributed by atoms with E-state index in [1.54, 1.807) is 26.4 Å². The van der Waals surface area contributed by atoms with Crippen molar-refractivity contribution in [3.05, 3.63) is 130 Å². The minimum absolute atomic E-state index is 0.0240. The lowest BCUT2D eigenvalue weighted by molar-refractivity contribution is -0.115. The van der Waals surface area contributed by atoms with E-state index >= 15 is 0 Å². The molecule has 0 radical (unpaired) electrons. The van der Waals surface area contributed by atoms with Crippen LogP contribution < -0.4 is 30.3 Å². The van der Waals surface area contributed by atoms with Gasteiger partial charge in [0, 0.05) is 54.4 Å². The summed E-state index contributed by atoms with van der Waals surface area (Å²) in [7, 11) is 3.16. The molecule has 0 bridgehead atoms. The molecule has 0 saturated heterocycles. The van der Waals surface area contributed by atoms with E-state index in [1.807, 2.05) is 82.8 Å². The molecule has 53 heavy (non-hydrogen) atoms. The number of nitrogens with zero attached hydrogens (tertiary/aromatic N) is 3. The van der Waals surface area contributed by atoms with Gasteiger partial charge < -0.3 is 34.9 Å². The van der Waals surface area contributed by atoms with Crippen molar-refractivity contribution >= 4 is 40.8 Å². The lowest BCUT2D eigenvalue weighted by atomic mass is 9.98. The van der Waals surface area contributed by atoms with Gasteiger partial charge in [0.1, 0.15) is 18.5 Å². The molecular weight excluding hydrogens is 670 g/mol. The molecule has 5 aliphatic rings. The number of hydrogen-bond acceptors (Lipinski definition) is 9. The van der Waals surface area contributed by atoms with Gasteiger partial charge in [0.25, 0.3) is 11.8 Å². The van der Waals surface area contributed by atoms with Gasteiger partial charge in [-0.25, -0.2) is 0 Å². The molecule has 11 nitrogen and oxygen atoms in total. The predicted octanol–water partition coefficient (Wildman–Crippen LogP) is 5.78. The Morgan fingerprint density at radius 1 is 0.811 bits per heavy atom. The zero-order valence-corrected chi connectivity index (χ0v) is 29.5. The zero-order chi connectivity index (χ0) is 36.2. The summed E-state index contributed by atoms with van der Waals surface area (Å²) in [6.45, 7) is 1.12.